The molecule has 1 aromatic rings. The first-order valence-electron chi connectivity index (χ1n) is 4.32. The number of aliphatic hydroxyl groups excluding tert-OH is 1. The van der Waals surface area contributed by atoms with Gasteiger partial charge >= 0.3 is 6.18 Å². The molecule has 4 N–H and O–H groups in total. The number of hydrogen-bond acceptors (Lipinski definition) is 4. The van der Waals surface area contributed by atoms with Crippen molar-refractivity contribution in [1.82, 2.24) is 4.98 Å². The molecule has 1 heterocycles. The van der Waals surface area contributed by atoms with E-state index in [0.717, 1.165) is 0 Å². The summed E-state index contributed by atoms with van der Waals surface area (Å²) in [6.45, 7) is -1.02. The van der Waals surface area contributed by atoms with Crippen LogP contribution in [-0.2, 0) is 0 Å². The third kappa shape index (κ3) is 3.41. The van der Waals surface area contributed by atoms with Gasteiger partial charge in [0.1, 0.15) is 0 Å². The molecule has 0 saturated carbocycles. The molecule has 0 aliphatic rings. The molecule has 0 amide bonds. The number of alkyl halides is 3. The molecule has 17 heavy (non-hydrogen) atoms. The molecule has 0 fully saturated rings. The second-order valence-electron chi connectivity index (χ2n) is 3.12. The molecule has 0 radical (unpaired) electrons. The van der Waals surface area contributed by atoms with E-state index in [1.54, 1.807) is 0 Å². The van der Waals surface area contributed by atoms with Crippen molar-refractivity contribution in [1.29, 1.82) is 0 Å². The molecular weight excluding hydrogens is 249 g/mol. The van der Waals surface area contributed by atoms with Crippen molar-refractivity contribution in [3.8, 4) is 0 Å². The molecule has 0 saturated heterocycles. The molecular formula is C8H8F5N3O. The summed E-state index contributed by atoms with van der Waals surface area (Å²) in [5.74, 6) is -3.64. The van der Waals surface area contributed by atoms with Gasteiger partial charge < -0.3 is 16.2 Å². The predicted octanol–water partition coefficient (Wildman–Crippen LogP) is 1.28. The van der Waals surface area contributed by atoms with Gasteiger partial charge in [-0.25, -0.2) is 13.8 Å². The van der Waals surface area contributed by atoms with E-state index in [0.29, 0.717) is 6.07 Å². The minimum atomic E-state index is -4.84. The van der Waals surface area contributed by atoms with Gasteiger partial charge in [-0.2, -0.15) is 13.2 Å². The van der Waals surface area contributed by atoms with Crippen LogP contribution in [0.2, 0.25) is 0 Å². The largest absolute Gasteiger partial charge is 0.416 e. The van der Waals surface area contributed by atoms with Crippen LogP contribution in [0.5, 0.6) is 0 Å². The van der Waals surface area contributed by atoms with Gasteiger partial charge in [-0.05, 0) is 0 Å². The highest BCUT2D eigenvalue weighted by Crippen LogP contribution is 2.21. The van der Waals surface area contributed by atoms with Gasteiger partial charge in [0.15, 0.2) is 29.4 Å². The first-order chi connectivity index (χ1) is 7.71. The van der Waals surface area contributed by atoms with Crippen molar-refractivity contribution >= 4 is 11.6 Å². The zero-order valence-corrected chi connectivity index (χ0v) is 8.22. The van der Waals surface area contributed by atoms with Crippen molar-refractivity contribution in [3.05, 3.63) is 17.7 Å². The smallest absolute Gasteiger partial charge is 0.382 e. The van der Waals surface area contributed by atoms with Crippen molar-refractivity contribution in [2.75, 3.05) is 17.6 Å². The predicted molar refractivity (Wildman–Crippen MR) is 49.1 cm³/mol. The Morgan fingerprint density at radius 1 is 1.35 bits per heavy atom. The maximum absolute atomic E-state index is 13.0. The normalized spacial score (nSPS) is 13.5. The summed E-state index contributed by atoms with van der Waals surface area (Å²) >= 11 is 0. The summed E-state index contributed by atoms with van der Waals surface area (Å²) in [6.07, 6.45) is -7.52. The van der Waals surface area contributed by atoms with Crippen LogP contribution >= 0.6 is 0 Å². The molecule has 1 rings (SSSR count). The van der Waals surface area contributed by atoms with Crippen molar-refractivity contribution in [2.24, 2.45) is 0 Å². The van der Waals surface area contributed by atoms with E-state index in [2.05, 4.69) is 4.98 Å². The first kappa shape index (κ1) is 13.4. The highest BCUT2D eigenvalue weighted by atomic mass is 19.4. The van der Waals surface area contributed by atoms with Gasteiger partial charge in [-0.15, -0.1) is 0 Å². The molecule has 4 nitrogen and oxygen atoms in total. The van der Waals surface area contributed by atoms with Gasteiger partial charge in [0.25, 0.3) is 0 Å². The van der Waals surface area contributed by atoms with Crippen LogP contribution < -0.4 is 11.1 Å². The lowest BCUT2D eigenvalue weighted by atomic mass is 10.3. The van der Waals surface area contributed by atoms with E-state index in [1.807, 2.05) is 5.32 Å². The lowest BCUT2D eigenvalue weighted by Gasteiger charge is -2.15. The Morgan fingerprint density at radius 3 is 2.47 bits per heavy atom. The number of halogens is 5. The van der Waals surface area contributed by atoms with Crippen LogP contribution in [0, 0.1) is 11.6 Å². The van der Waals surface area contributed by atoms with Crippen LogP contribution in [0.3, 0.4) is 0 Å². The standard InChI is InChI=1S/C8H8F5N3O/c9-3-1-4(10)7(16-6(3)14)15-2-5(17)8(11,12)13/h1,5,17H,2H2,(H3,14,15,16). The number of aromatic nitrogens is 1. The van der Waals surface area contributed by atoms with E-state index in [1.165, 1.54) is 0 Å². The third-order valence-corrected chi connectivity index (χ3v) is 1.80. The molecule has 1 atom stereocenters. The zero-order valence-electron chi connectivity index (χ0n) is 8.22. The number of nitrogen functional groups attached to an aromatic ring is 1. The number of aliphatic hydroxyl groups is 1. The Labute approximate surface area is 92.3 Å². The van der Waals surface area contributed by atoms with E-state index in [4.69, 9.17) is 10.8 Å². The first-order valence-corrected chi connectivity index (χ1v) is 4.32. The summed E-state index contributed by atoms with van der Waals surface area (Å²) in [6, 6.07) is 0.380. The Bertz CT molecular complexity index is 409. The van der Waals surface area contributed by atoms with E-state index in [9.17, 15) is 22.0 Å². The summed E-state index contributed by atoms with van der Waals surface area (Å²) in [5, 5.41) is 10.5. The number of nitrogens with zero attached hydrogens (tertiary/aromatic N) is 1. The maximum Gasteiger partial charge on any atom is 0.416 e. The van der Waals surface area contributed by atoms with E-state index in [-0.39, 0.29) is 0 Å². The van der Waals surface area contributed by atoms with Crippen LogP contribution in [0.25, 0.3) is 0 Å². The number of nitrogens with one attached hydrogen (secondary N) is 1. The Balaban J connectivity index is 2.73. The zero-order chi connectivity index (χ0) is 13.2. The van der Waals surface area contributed by atoms with Crippen LogP contribution in [0.4, 0.5) is 33.6 Å². The minimum absolute atomic E-state index is 0.380. The minimum Gasteiger partial charge on any atom is -0.382 e. The average molecular weight is 257 g/mol. The highest BCUT2D eigenvalue weighted by Gasteiger charge is 2.38. The number of anilines is 2. The molecule has 9 heteroatoms. The van der Waals surface area contributed by atoms with Crippen molar-refractivity contribution < 1.29 is 27.1 Å². The quantitative estimate of drug-likeness (QED) is 0.713. The SMILES string of the molecule is Nc1nc(NCC(O)C(F)(F)F)c(F)cc1F. The topological polar surface area (TPSA) is 71.2 Å². The monoisotopic (exact) mass is 257 g/mol. The molecule has 0 aliphatic carbocycles. The van der Waals surface area contributed by atoms with Crippen molar-refractivity contribution in [3.63, 3.8) is 0 Å². The van der Waals surface area contributed by atoms with Gasteiger partial charge in [0.2, 0.25) is 0 Å². The van der Waals surface area contributed by atoms with E-state index < -0.39 is 42.1 Å². The molecule has 0 aromatic carbocycles. The summed E-state index contributed by atoms with van der Waals surface area (Å²) in [7, 11) is 0. The second kappa shape index (κ2) is 4.70. The number of pyridine rings is 1. The van der Waals surface area contributed by atoms with Gasteiger partial charge in [-0.1, -0.05) is 0 Å². The summed E-state index contributed by atoms with van der Waals surface area (Å²) < 4.78 is 61.4. The Morgan fingerprint density at radius 2 is 1.94 bits per heavy atom. The Kier molecular flexibility index (Phi) is 3.71. The van der Waals surface area contributed by atoms with Gasteiger partial charge in [0, 0.05) is 6.07 Å². The molecule has 1 aromatic heterocycles. The fourth-order valence-electron chi connectivity index (χ4n) is 0.914. The number of nitrogens with two attached hydrogens (primary N) is 1. The van der Waals surface area contributed by atoms with Crippen LogP contribution in [-0.4, -0.2) is 28.9 Å². The van der Waals surface area contributed by atoms with E-state index >= 15 is 0 Å². The van der Waals surface area contributed by atoms with Gasteiger partial charge in [0.05, 0.1) is 6.54 Å². The number of rotatable bonds is 3. The van der Waals surface area contributed by atoms with Gasteiger partial charge in [-0.3, -0.25) is 0 Å². The summed E-state index contributed by atoms with van der Waals surface area (Å²) in [5.41, 5.74) is 5.00. The van der Waals surface area contributed by atoms with Crippen molar-refractivity contribution in [2.45, 2.75) is 12.3 Å². The maximum atomic E-state index is 13.0. The molecule has 0 spiro atoms. The van der Waals surface area contributed by atoms with Crippen LogP contribution in [0.15, 0.2) is 6.07 Å². The molecule has 96 valence electrons. The highest BCUT2D eigenvalue weighted by molar-refractivity contribution is 5.44. The second-order valence-corrected chi connectivity index (χ2v) is 3.12. The molecule has 0 bridgehead atoms. The lowest BCUT2D eigenvalue weighted by Crippen LogP contribution is -2.35. The fraction of sp³-hybridized carbons (Fsp3) is 0.375. The lowest BCUT2D eigenvalue weighted by molar-refractivity contribution is -0.198. The summed E-state index contributed by atoms with van der Waals surface area (Å²) in [4.78, 5) is 3.16. The molecule has 0 aliphatic heterocycles. The van der Waals surface area contributed by atoms with Crippen LogP contribution in [0.1, 0.15) is 0 Å². The fourth-order valence-corrected chi connectivity index (χ4v) is 0.914. The average Bonchev–Trinajstić information content (AvgIpc) is 2.19. The molecule has 1 unspecified atom stereocenters. The number of hydrogen-bond donors (Lipinski definition) is 3. The Hall–Kier alpha value is -1.64. The third-order valence-electron chi connectivity index (χ3n) is 1.80.